The van der Waals surface area contributed by atoms with Crippen LogP contribution in [-0.2, 0) is 61.9 Å². The summed E-state index contributed by atoms with van der Waals surface area (Å²) in [6.45, 7) is 17.2. The lowest BCUT2D eigenvalue weighted by atomic mass is 9.78. The van der Waals surface area contributed by atoms with Gasteiger partial charge in [-0.15, -0.1) is 0 Å². The van der Waals surface area contributed by atoms with Crippen LogP contribution in [0, 0.1) is 40.9 Å². The molecule has 2 bridgehead atoms. The SMILES string of the molecule is CCCOCC(C)(COCCS)C(=O)O[C@@H]1CC[C@@H](C[C@@H](C)[C@@H]2CC(=O)[C@H](C)/C=C(\C)[C@@H](O)[C@@H](OC)C(=O)[C@H](C)C[C@H](C)/C=C/C=C/C=C(\C)[C@@H](O)C[C@@H]3CC[C@@H](C)[C@@](O)(O3)C(=O)C(=O)N3CCCC[C@H]3C(=O)O2)C[C@H]1OC. The molecule has 0 radical (unpaired) electrons. The number of allylic oxidation sites excluding steroid dienone is 6. The molecular formula is C60H95NO16S. The van der Waals surface area contributed by atoms with Gasteiger partial charge in [-0.2, -0.15) is 12.6 Å². The summed E-state index contributed by atoms with van der Waals surface area (Å²) in [5, 5.41) is 34.7. The first-order chi connectivity index (χ1) is 36.9. The highest BCUT2D eigenvalue weighted by Gasteiger charge is 2.53. The number of carbonyl (C=O) groups excluding carboxylic acids is 6. The molecule has 3 N–H and O–H groups in total. The van der Waals surface area contributed by atoms with Crippen molar-refractivity contribution in [2.45, 2.75) is 200 Å². The molecule has 4 rings (SSSR count). The number of amides is 1. The molecular weight excluding hydrogens is 1020 g/mol. The van der Waals surface area contributed by atoms with Crippen molar-refractivity contribution >= 4 is 47.8 Å². The number of methoxy groups -OCH3 is 2. The zero-order valence-electron chi connectivity index (χ0n) is 48.5. The normalized spacial score (nSPS) is 36.4. The summed E-state index contributed by atoms with van der Waals surface area (Å²) in [7, 11) is 2.93. The number of fused-ring (bicyclic) bond motifs is 3. The third kappa shape index (κ3) is 18.7. The summed E-state index contributed by atoms with van der Waals surface area (Å²) in [6.07, 6.45) is 9.49. The van der Waals surface area contributed by atoms with Crippen LogP contribution in [0.15, 0.2) is 47.6 Å². The Balaban J connectivity index is 1.66. The van der Waals surface area contributed by atoms with Crippen molar-refractivity contribution in [2.75, 3.05) is 52.9 Å². The first kappa shape index (κ1) is 66.9. The summed E-state index contributed by atoms with van der Waals surface area (Å²) >= 11 is 4.23. The molecule has 4 aliphatic rings. The number of nitrogens with zero attached hydrogens (tertiary/aromatic N) is 1. The van der Waals surface area contributed by atoms with Crippen molar-refractivity contribution in [3.8, 4) is 0 Å². The van der Waals surface area contributed by atoms with E-state index in [4.69, 9.17) is 33.2 Å². The molecule has 0 aromatic carbocycles. The lowest BCUT2D eigenvalue weighted by Gasteiger charge is -2.42. The smallest absolute Gasteiger partial charge is 0.329 e. The summed E-state index contributed by atoms with van der Waals surface area (Å²) < 4.78 is 41.7. The van der Waals surface area contributed by atoms with Gasteiger partial charge >= 0.3 is 11.9 Å². The molecule has 1 amide bonds. The summed E-state index contributed by atoms with van der Waals surface area (Å²) in [5.74, 6) is -8.69. The van der Waals surface area contributed by atoms with Crippen LogP contribution >= 0.6 is 12.6 Å². The molecule has 3 heterocycles. The monoisotopic (exact) mass is 1120 g/mol. The Morgan fingerprint density at radius 3 is 2.26 bits per heavy atom. The largest absolute Gasteiger partial charge is 0.460 e. The number of piperidine rings is 1. The van der Waals surface area contributed by atoms with Crippen LogP contribution in [0.25, 0.3) is 0 Å². The number of thiol groups is 1. The van der Waals surface area contributed by atoms with E-state index in [1.807, 2.05) is 32.9 Å². The third-order valence-electron chi connectivity index (χ3n) is 16.4. The predicted octanol–water partition coefficient (Wildman–Crippen LogP) is 7.46. The molecule has 78 heavy (non-hydrogen) atoms. The first-order valence-corrected chi connectivity index (χ1v) is 29.2. The van der Waals surface area contributed by atoms with E-state index in [0.29, 0.717) is 87.9 Å². The van der Waals surface area contributed by atoms with Gasteiger partial charge in [-0.25, -0.2) is 4.79 Å². The quantitative estimate of drug-likeness (QED) is 0.0410. The molecule has 1 saturated carbocycles. The molecule has 1 aliphatic carbocycles. The van der Waals surface area contributed by atoms with Crippen LogP contribution in [0.3, 0.4) is 0 Å². The average molecular weight is 1120 g/mol. The maximum absolute atomic E-state index is 14.6. The Labute approximate surface area is 470 Å². The Kier molecular flexibility index (Phi) is 27.6. The number of aliphatic hydroxyl groups is 3. The fraction of sp³-hybridized carbons (Fsp3) is 0.767. The lowest BCUT2D eigenvalue weighted by Crippen LogP contribution is -2.61. The zero-order chi connectivity index (χ0) is 57.9. The minimum Gasteiger partial charge on any atom is -0.460 e. The predicted molar refractivity (Wildman–Crippen MR) is 298 cm³/mol. The van der Waals surface area contributed by atoms with E-state index in [2.05, 4.69) is 12.6 Å². The number of hydrogen-bond donors (Lipinski definition) is 4. The number of cyclic esters (lactones) is 1. The van der Waals surface area contributed by atoms with Crippen molar-refractivity contribution in [1.29, 1.82) is 0 Å². The van der Waals surface area contributed by atoms with Crippen molar-refractivity contribution in [3.05, 3.63) is 47.6 Å². The van der Waals surface area contributed by atoms with E-state index in [0.717, 1.165) is 11.3 Å². The summed E-state index contributed by atoms with van der Waals surface area (Å²) in [5.41, 5.74) is -0.0975. The first-order valence-electron chi connectivity index (χ1n) is 28.6. The number of esters is 2. The molecule has 2 saturated heterocycles. The molecule has 3 fully saturated rings. The van der Waals surface area contributed by atoms with E-state index in [1.54, 1.807) is 73.0 Å². The number of Topliss-reactive ketones (excluding diaryl/α,β-unsaturated/α-hetero) is 3. The van der Waals surface area contributed by atoms with Crippen LogP contribution in [0.2, 0.25) is 0 Å². The second-order valence-electron chi connectivity index (χ2n) is 23.1. The topological polar surface area (TPSA) is 231 Å². The molecule has 1 unspecified atom stereocenters. The van der Waals surface area contributed by atoms with Crippen molar-refractivity contribution in [1.82, 2.24) is 4.90 Å². The molecule has 442 valence electrons. The molecule has 0 spiro atoms. The van der Waals surface area contributed by atoms with Gasteiger partial charge in [0.05, 0.1) is 38.1 Å². The number of hydrogen-bond acceptors (Lipinski definition) is 17. The van der Waals surface area contributed by atoms with Gasteiger partial charge < -0.3 is 53.4 Å². The Hall–Kier alpha value is -3.59. The molecule has 18 heteroatoms. The second kappa shape index (κ2) is 32.2. The number of carbonyl (C=O) groups is 6. The van der Waals surface area contributed by atoms with Crippen LogP contribution in [0.4, 0.5) is 0 Å². The van der Waals surface area contributed by atoms with Crippen LogP contribution in [0.1, 0.15) is 146 Å². The minimum absolute atomic E-state index is 0.00810. The second-order valence-corrected chi connectivity index (χ2v) is 23.6. The Morgan fingerprint density at radius 1 is 0.885 bits per heavy atom. The molecule has 17 nitrogen and oxygen atoms in total. The van der Waals surface area contributed by atoms with Gasteiger partial charge in [0.25, 0.3) is 11.7 Å². The van der Waals surface area contributed by atoms with Gasteiger partial charge in [0.15, 0.2) is 5.78 Å². The maximum atomic E-state index is 14.6. The number of ether oxygens (including phenoxy) is 7. The highest BCUT2D eigenvalue weighted by Crippen LogP contribution is 2.38. The Morgan fingerprint density at radius 2 is 1.59 bits per heavy atom. The Bertz CT molecular complexity index is 2100. The minimum atomic E-state index is -2.52. The number of ketones is 3. The fourth-order valence-corrected chi connectivity index (χ4v) is 11.3. The van der Waals surface area contributed by atoms with Gasteiger partial charge in [-0.1, -0.05) is 78.0 Å². The molecule has 0 aromatic heterocycles. The number of rotatable bonds is 15. The average Bonchev–Trinajstić information content (AvgIpc) is 3.44. The van der Waals surface area contributed by atoms with E-state index >= 15 is 0 Å². The molecule has 0 aromatic rings. The van der Waals surface area contributed by atoms with E-state index < -0.39 is 107 Å². The van der Waals surface area contributed by atoms with Gasteiger partial charge in [0.1, 0.15) is 41.7 Å². The summed E-state index contributed by atoms with van der Waals surface area (Å²) in [6, 6.07) is -1.21. The van der Waals surface area contributed by atoms with Crippen molar-refractivity contribution in [2.24, 2.45) is 40.9 Å². The van der Waals surface area contributed by atoms with E-state index in [9.17, 15) is 44.1 Å². The number of aliphatic hydroxyl groups excluding tert-OH is 2. The highest BCUT2D eigenvalue weighted by atomic mass is 32.1. The van der Waals surface area contributed by atoms with E-state index in [1.165, 1.54) is 7.11 Å². The van der Waals surface area contributed by atoms with Crippen LogP contribution < -0.4 is 0 Å². The van der Waals surface area contributed by atoms with Crippen molar-refractivity contribution < 1.29 is 77.2 Å². The molecule has 16 atom stereocenters. The van der Waals surface area contributed by atoms with Crippen molar-refractivity contribution in [3.63, 3.8) is 0 Å². The maximum Gasteiger partial charge on any atom is 0.329 e. The fourth-order valence-electron chi connectivity index (χ4n) is 11.2. The zero-order valence-corrected chi connectivity index (χ0v) is 49.4. The van der Waals surface area contributed by atoms with Gasteiger partial charge in [-0.3, -0.25) is 24.0 Å². The van der Waals surface area contributed by atoms with Gasteiger partial charge in [-0.05, 0) is 120 Å². The van der Waals surface area contributed by atoms with E-state index in [-0.39, 0.29) is 62.4 Å². The highest BCUT2D eigenvalue weighted by molar-refractivity contribution is 7.80. The summed E-state index contributed by atoms with van der Waals surface area (Å²) in [4.78, 5) is 86.5. The molecule has 3 aliphatic heterocycles. The van der Waals surface area contributed by atoms with Crippen LogP contribution in [-0.4, -0.2) is 163 Å². The van der Waals surface area contributed by atoms with Gasteiger partial charge in [0, 0.05) is 63.7 Å². The third-order valence-corrected chi connectivity index (χ3v) is 16.6. The van der Waals surface area contributed by atoms with Gasteiger partial charge in [0.2, 0.25) is 5.79 Å². The standard InChI is InChI=1S/C60H95NO16S/c1-12-26-73-35-59(9,36-74-27-28-78)58(69)76-49-24-22-44(32-51(49)71-10)31-40(5)50-34-48(63)39(4)30-42(7)53(65)54(72-11)52(64)41(6)29-37(2)18-14-13-15-19-38(3)47(62)33-45-23-21-43(8)60(70,77-45)55(66)56(67)61-25-17-16-20-46(61)57(68)75-50/h13-15,18-19,30,37,39-41,43-47,49-51,53-54,62,65,70,78H,12,16-17,20-29,31-36H2,1-11H3/b15-13+,18-14+,38-19+,42-30+/t37-,39-,40-,41-,43-,44+,45+,46+,47+,49-,50+,51-,53-,54+,59?,60-/m1/s1. The lowest BCUT2D eigenvalue weighted by molar-refractivity contribution is -0.265. The van der Waals surface area contributed by atoms with Crippen LogP contribution in [0.5, 0.6) is 0 Å².